The van der Waals surface area contributed by atoms with Crippen LogP contribution >= 0.6 is 0 Å². The Labute approximate surface area is 157 Å². The molecule has 4 rings (SSSR count). The molecule has 28 heavy (non-hydrogen) atoms. The van der Waals surface area contributed by atoms with Crippen molar-refractivity contribution in [2.24, 2.45) is 0 Å². The number of aromatic nitrogens is 6. The first-order valence-corrected chi connectivity index (χ1v) is 8.41. The first kappa shape index (κ1) is 17.6. The van der Waals surface area contributed by atoms with Crippen molar-refractivity contribution in [3.63, 3.8) is 0 Å². The number of anilines is 1. The van der Waals surface area contributed by atoms with Crippen LogP contribution in [0.3, 0.4) is 0 Å². The molecular weight excluding hydrogens is 367 g/mol. The third-order valence-corrected chi connectivity index (χ3v) is 4.32. The Bertz CT molecular complexity index is 1250. The van der Waals surface area contributed by atoms with E-state index in [1.54, 1.807) is 21.0 Å². The number of hydrogen-bond acceptors (Lipinski definition) is 8. The Balaban J connectivity index is 1.87. The first-order chi connectivity index (χ1) is 13.4. The van der Waals surface area contributed by atoms with E-state index < -0.39 is 23.2 Å². The molecule has 1 aromatic carbocycles. The molecule has 0 saturated carbocycles. The fourth-order valence-electron chi connectivity index (χ4n) is 3.04. The van der Waals surface area contributed by atoms with E-state index in [0.717, 1.165) is 0 Å². The molecule has 0 bridgehead atoms. The molecule has 3 N–H and O–H groups in total. The molecule has 0 aliphatic rings. The Kier molecular flexibility index (Phi) is 4.06. The number of H-pyrrole nitrogens is 1. The van der Waals surface area contributed by atoms with Crippen molar-refractivity contribution in [1.29, 1.82) is 0 Å². The highest BCUT2D eigenvalue weighted by atomic mass is 19.1. The second-order valence-corrected chi connectivity index (χ2v) is 6.42. The zero-order valence-corrected chi connectivity index (χ0v) is 15.3. The van der Waals surface area contributed by atoms with Crippen LogP contribution in [0.4, 0.5) is 10.2 Å². The maximum Gasteiger partial charge on any atom is 0.283 e. The summed E-state index contributed by atoms with van der Waals surface area (Å²) in [5.41, 5.74) is 0.637. The van der Waals surface area contributed by atoms with Gasteiger partial charge in [-0.3, -0.25) is 4.79 Å². The number of rotatable bonds is 4. The number of nitrogens with one attached hydrogen (secondary N) is 2. The van der Waals surface area contributed by atoms with Crippen molar-refractivity contribution in [3.05, 3.63) is 46.8 Å². The lowest BCUT2D eigenvalue weighted by molar-refractivity contribution is 0.435. The van der Waals surface area contributed by atoms with E-state index in [-0.39, 0.29) is 10.9 Å². The van der Waals surface area contributed by atoms with Crippen molar-refractivity contribution in [3.8, 4) is 5.75 Å². The lowest BCUT2D eigenvalue weighted by atomic mass is 10.2. The van der Waals surface area contributed by atoms with Gasteiger partial charge in [0.2, 0.25) is 0 Å². The van der Waals surface area contributed by atoms with Gasteiger partial charge in [-0.05, 0) is 19.1 Å². The first-order valence-electron chi connectivity index (χ1n) is 8.41. The number of aromatic amines is 1. The zero-order chi connectivity index (χ0) is 20.0. The monoisotopic (exact) mass is 384 g/mol. The topological polar surface area (TPSA) is 125 Å². The molecule has 3 aromatic heterocycles. The van der Waals surface area contributed by atoms with Gasteiger partial charge in [0, 0.05) is 14.1 Å². The van der Waals surface area contributed by atoms with E-state index in [2.05, 4.69) is 30.2 Å². The molecule has 0 aliphatic carbocycles. The molecule has 144 valence electrons. The lowest BCUT2D eigenvalue weighted by Gasteiger charge is -2.24. The van der Waals surface area contributed by atoms with Crippen LogP contribution in [-0.2, 0) is 0 Å². The zero-order valence-electron chi connectivity index (χ0n) is 15.3. The molecule has 11 heteroatoms. The Morgan fingerprint density at radius 1 is 1.29 bits per heavy atom. The van der Waals surface area contributed by atoms with E-state index in [9.17, 15) is 14.3 Å². The van der Waals surface area contributed by atoms with Gasteiger partial charge < -0.3 is 20.4 Å². The van der Waals surface area contributed by atoms with Crippen LogP contribution in [0.2, 0.25) is 0 Å². The average molecular weight is 384 g/mol. The molecule has 0 amide bonds. The Hall–Kier alpha value is -3.76. The largest absolute Gasteiger partial charge is 0.505 e. The van der Waals surface area contributed by atoms with Gasteiger partial charge in [0.05, 0.1) is 17.9 Å². The summed E-state index contributed by atoms with van der Waals surface area (Å²) in [6.07, 6.45) is 2.90. The molecule has 0 fully saturated rings. The fourth-order valence-corrected chi connectivity index (χ4v) is 3.04. The van der Waals surface area contributed by atoms with E-state index in [0.29, 0.717) is 22.8 Å². The number of phenolic OH excluding ortho intramolecular Hbond substituents is 1. The quantitative estimate of drug-likeness (QED) is 0.481. The van der Waals surface area contributed by atoms with Gasteiger partial charge >= 0.3 is 0 Å². The Morgan fingerprint density at radius 3 is 2.82 bits per heavy atom. The minimum Gasteiger partial charge on any atom is -0.505 e. The average Bonchev–Trinajstić information content (AvgIpc) is 3.13. The molecule has 0 aliphatic heterocycles. The number of benzene rings is 1. The maximum atomic E-state index is 14.4. The van der Waals surface area contributed by atoms with Gasteiger partial charge in [0.15, 0.2) is 28.9 Å². The second kappa shape index (κ2) is 6.44. The van der Waals surface area contributed by atoms with Crippen LogP contribution in [0.15, 0.2) is 29.6 Å². The van der Waals surface area contributed by atoms with Crippen LogP contribution in [0, 0.1) is 5.82 Å². The highest BCUT2D eigenvalue weighted by Crippen LogP contribution is 2.25. The lowest BCUT2D eigenvalue weighted by Crippen LogP contribution is -2.40. The van der Waals surface area contributed by atoms with E-state index in [4.69, 9.17) is 0 Å². The number of halogens is 1. The summed E-state index contributed by atoms with van der Waals surface area (Å²) >= 11 is 0. The van der Waals surface area contributed by atoms with E-state index >= 15 is 0 Å². The van der Waals surface area contributed by atoms with Crippen molar-refractivity contribution < 1.29 is 9.50 Å². The third-order valence-electron chi connectivity index (χ3n) is 4.32. The third kappa shape index (κ3) is 2.68. The number of hydrogen-bond donors (Lipinski definition) is 3. The van der Waals surface area contributed by atoms with Crippen LogP contribution < -0.4 is 15.9 Å². The predicted molar refractivity (Wildman–Crippen MR) is 101 cm³/mol. The molecule has 0 unspecified atom stereocenters. The summed E-state index contributed by atoms with van der Waals surface area (Å²) in [5, 5.41) is 14.0. The molecule has 0 radical (unpaired) electrons. The number of nitrogens with zero attached hydrogens (tertiary/aromatic N) is 6. The SMILES string of the molecule is C[C@H](Nc1ncnc2[nH]cnc12)c1nc2ccc(O)c(F)c2c(=O)n1N(C)C. The minimum absolute atomic E-state index is 0.148. The van der Waals surface area contributed by atoms with E-state index in [1.807, 2.05) is 0 Å². The summed E-state index contributed by atoms with van der Waals surface area (Å²) in [6, 6.07) is 2.09. The Morgan fingerprint density at radius 2 is 2.07 bits per heavy atom. The molecule has 4 aromatic rings. The summed E-state index contributed by atoms with van der Waals surface area (Å²) in [6.45, 7) is 1.80. The minimum atomic E-state index is -0.994. The number of imidazole rings is 1. The highest BCUT2D eigenvalue weighted by molar-refractivity contribution is 5.82. The van der Waals surface area contributed by atoms with Crippen molar-refractivity contribution in [1.82, 2.24) is 29.6 Å². The van der Waals surface area contributed by atoms with Gasteiger partial charge in [-0.25, -0.2) is 29.0 Å². The molecule has 0 spiro atoms. The van der Waals surface area contributed by atoms with Gasteiger partial charge in [-0.1, -0.05) is 0 Å². The van der Waals surface area contributed by atoms with Crippen molar-refractivity contribution >= 4 is 27.9 Å². The number of aromatic hydroxyl groups is 1. The molecule has 0 saturated heterocycles. The molecular formula is C17H17FN8O2. The van der Waals surface area contributed by atoms with Crippen LogP contribution in [0.1, 0.15) is 18.8 Å². The summed E-state index contributed by atoms with van der Waals surface area (Å²) in [4.78, 5) is 32.8. The maximum absolute atomic E-state index is 14.4. The standard InChI is InChI=1S/C17H17FN8O2/c1-8(23-15-13-14(20-6-19-13)21-7-22-15)16-24-9-4-5-10(27)12(18)11(9)17(28)26(16)25(2)3/h4-8,27H,1-3H3,(H2,19,20,21,22,23)/t8-/m0/s1. The second-order valence-electron chi connectivity index (χ2n) is 6.42. The summed E-state index contributed by atoms with van der Waals surface area (Å²) < 4.78 is 15.6. The van der Waals surface area contributed by atoms with Gasteiger partial charge in [-0.2, -0.15) is 0 Å². The van der Waals surface area contributed by atoms with Gasteiger partial charge in [0.25, 0.3) is 5.56 Å². The highest BCUT2D eigenvalue weighted by Gasteiger charge is 2.22. The van der Waals surface area contributed by atoms with Gasteiger partial charge in [0.1, 0.15) is 17.2 Å². The van der Waals surface area contributed by atoms with E-state index in [1.165, 1.54) is 34.5 Å². The summed E-state index contributed by atoms with van der Waals surface area (Å²) in [5.74, 6) is -0.783. The fraction of sp³-hybridized carbons (Fsp3) is 0.235. The molecule has 10 nitrogen and oxygen atoms in total. The van der Waals surface area contributed by atoms with Crippen molar-refractivity contribution in [2.45, 2.75) is 13.0 Å². The molecule has 1 atom stereocenters. The normalized spacial score (nSPS) is 12.4. The number of fused-ring (bicyclic) bond motifs is 2. The van der Waals surface area contributed by atoms with Crippen molar-refractivity contribution in [2.75, 3.05) is 24.4 Å². The smallest absolute Gasteiger partial charge is 0.283 e. The van der Waals surface area contributed by atoms with Crippen LogP contribution in [-0.4, -0.2) is 48.8 Å². The van der Waals surface area contributed by atoms with Crippen LogP contribution in [0.5, 0.6) is 5.75 Å². The van der Waals surface area contributed by atoms with Gasteiger partial charge in [-0.15, -0.1) is 0 Å². The molecule has 3 heterocycles. The summed E-state index contributed by atoms with van der Waals surface area (Å²) in [7, 11) is 3.28. The predicted octanol–water partition coefficient (Wildman–Crippen LogP) is 1.28. The van der Waals surface area contributed by atoms with Crippen LogP contribution in [0.25, 0.3) is 22.1 Å². The number of phenols is 1.